The second-order valence-electron chi connectivity index (χ2n) is 6.30. The summed E-state index contributed by atoms with van der Waals surface area (Å²) in [5.41, 5.74) is 7.84. The van der Waals surface area contributed by atoms with Gasteiger partial charge in [-0.1, -0.05) is 52.8 Å². The Bertz CT molecular complexity index is 795. The van der Waals surface area contributed by atoms with Crippen LogP contribution in [0.4, 0.5) is 0 Å². The Kier molecular flexibility index (Phi) is 10.2. The van der Waals surface area contributed by atoms with Crippen LogP contribution in [0, 0.1) is 0 Å². The number of benzene rings is 2. The molecule has 1 atom stereocenters. The van der Waals surface area contributed by atoms with Crippen LogP contribution in [-0.4, -0.2) is 19.0 Å². The maximum absolute atomic E-state index is 11.5. The van der Waals surface area contributed by atoms with E-state index in [-0.39, 0.29) is 26.7 Å². The van der Waals surface area contributed by atoms with E-state index in [1.165, 1.54) is 0 Å². The normalized spacial score (nSPS) is 17.4. The van der Waals surface area contributed by atoms with E-state index in [0.717, 1.165) is 46.1 Å². The Labute approximate surface area is 185 Å². The number of Topliss-reactive ketones (excluding diaryl/α,β-unsaturated/α-hetero) is 1. The number of carbonyl (C=O) groups excluding carboxylic acids is 1. The molecule has 6 heteroatoms. The molecule has 2 aliphatic rings. The fourth-order valence-electron chi connectivity index (χ4n) is 2.98. The SMILES string of the molecule is C.C.NC1CCCOc2cc(Br)ccc21.O=C1CCCOc2cc(Br)ccc21. The first-order valence-corrected chi connectivity index (χ1v) is 10.3. The molecule has 0 radical (unpaired) electrons. The number of halogens is 2. The largest absolute Gasteiger partial charge is 0.493 e. The van der Waals surface area contributed by atoms with Crippen LogP contribution in [-0.2, 0) is 0 Å². The lowest BCUT2D eigenvalue weighted by Crippen LogP contribution is -2.08. The van der Waals surface area contributed by atoms with E-state index in [1.54, 1.807) is 0 Å². The van der Waals surface area contributed by atoms with Crippen molar-refractivity contribution in [1.29, 1.82) is 0 Å². The molecule has 28 heavy (non-hydrogen) atoms. The van der Waals surface area contributed by atoms with Crippen LogP contribution in [0.3, 0.4) is 0 Å². The fraction of sp³-hybridized carbons (Fsp3) is 0.409. The number of ketones is 1. The third-order valence-electron chi connectivity index (χ3n) is 4.34. The Morgan fingerprint density at radius 3 is 2.25 bits per heavy atom. The highest BCUT2D eigenvalue weighted by Crippen LogP contribution is 2.32. The van der Waals surface area contributed by atoms with E-state index in [2.05, 4.69) is 31.9 Å². The standard InChI is InChI=1S/C10H12BrNO.C10H9BrO2.2CH4/c2*11-7-3-4-8-9(12)2-1-5-13-10(8)6-7;;/h3-4,6,9H,1-2,5,12H2;3-4,6H,1-2,5H2;2*1H4. The molecule has 0 fully saturated rings. The summed E-state index contributed by atoms with van der Waals surface area (Å²) in [5, 5.41) is 0. The van der Waals surface area contributed by atoms with Crippen LogP contribution in [0.2, 0.25) is 0 Å². The summed E-state index contributed by atoms with van der Waals surface area (Å²) < 4.78 is 13.0. The molecule has 0 aromatic heterocycles. The van der Waals surface area contributed by atoms with Crippen LogP contribution in [0.25, 0.3) is 0 Å². The van der Waals surface area contributed by atoms with Gasteiger partial charge in [-0.3, -0.25) is 4.79 Å². The summed E-state index contributed by atoms with van der Waals surface area (Å²) in [7, 11) is 0. The second-order valence-corrected chi connectivity index (χ2v) is 8.13. The number of ether oxygens (including phenoxy) is 2. The molecule has 154 valence electrons. The van der Waals surface area contributed by atoms with Gasteiger partial charge in [-0.05, 0) is 49.6 Å². The smallest absolute Gasteiger partial charge is 0.166 e. The third kappa shape index (κ3) is 6.33. The van der Waals surface area contributed by atoms with Crippen molar-refractivity contribution >= 4 is 37.6 Å². The van der Waals surface area contributed by atoms with Crippen molar-refractivity contribution in [2.75, 3.05) is 13.2 Å². The van der Waals surface area contributed by atoms with Crippen LogP contribution in [0.1, 0.15) is 62.5 Å². The highest BCUT2D eigenvalue weighted by Gasteiger charge is 2.17. The summed E-state index contributed by atoms with van der Waals surface area (Å²) in [6.07, 6.45) is 3.45. The third-order valence-corrected chi connectivity index (χ3v) is 5.33. The number of rotatable bonds is 0. The molecule has 0 aliphatic carbocycles. The van der Waals surface area contributed by atoms with E-state index in [4.69, 9.17) is 15.2 Å². The lowest BCUT2D eigenvalue weighted by Gasteiger charge is -2.11. The molecule has 2 N–H and O–H groups in total. The Balaban J connectivity index is 0.000000261. The first-order chi connectivity index (χ1) is 12.5. The number of hydrogen-bond acceptors (Lipinski definition) is 4. The highest BCUT2D eigenvalue weighted by atomic mass is 79.9. The monoisotopic (exact) mass is 513 g/mol. The molecule has 1 unspecified atom stereocenters. The Morgan fingerprint density at radius 2 is 1.50 bits per heavy atom. The van der Waals surface area contributed by atoms with Gasteiger partial charge in [-0.2, -0.15) is 0 Å². The van der Waals surface area contributed by atoms with Crippen molar-refractivity contribution < 1.29 is 14.3 Å². The van der Waals surface area contributed by atoms with Gasteiger partial charge >= 0.3 is 0 Å². The predicted molar refractivity (Wildman–Crippen MR) is 122 cm³/mol. The lowest BCUT2D eigenvalue weighted by molar-refractivity contribution is 0.0983. The molecule has 0 amide bonds. The topological polar surface area (TPSA) is 61.5 Å². The summed E-state index contributed by atoms with van der Waals surface area (Å²) in [4.78, 5) is 11.5. The number of carbonyl (C=O) groups is 1. The fourth-order valence-corrected chi connectivity index (χ4v) is 3.66. The molecule has 0 saturated heterocycles. The Hall–Kier alpha value is -1.37. The zero-order valence-corrected chi connectivity index (χ0v) is 17.5. The lowest BCUT2D eigenvalue weighted by atomic mass is 10.0. The summed E-state index contributed by atoms with van der Waals surface area (Å²) in [6, 6.07) is 11.7. The average molecular weight is 515 g/mol. The molecule has 2 heterocycles. The number of hydrogen-bond donors (Lipinski definition) is 1. The van der Waals surface area contributed by atoms with Crippen molar-refractivity contribution in [2.24, 2.45) is 5.73 Å². The zero-order valence-electron chi connectivity index (χ0n) is 14.3. The van der Waals surface area contributed by atoms with Gasteiger partial charge in [0.2, 0.25) is 0 Å². The molecule has 2 aromatic carbocycles. The van der Waals surface area contributed by atoms with Gasteiger partial charge in [0.25, 0.3) is 0 Å². The van der Waals surface area contributed by atoms with Crippen LogP contribution >= 0.6 is 31.9 Å². The molecular weight excluding hydrogens is 486 g/mol. The highest BCUT2D eigenvalue weighted by molar-refractivity contribution is 9.10. The van der Waals surface area contributed by atoms with E-state index < -0.39 is 0 Å². The molecule has 2 aliphatic heterocycles. The van der Waals surface area contributed by atoms with Crippen molar-refractivity contribution in [3.8, 4) is 11.5 Å². The summed E-state index contributed by atoms with van der Waals surface area (Å²) in [6.45, 7) is 1.41. The molecule has 0 bridgehead atoms. The maximum Gasteiger partial charge on any atom is 0.166 e. The van der Waals surface area contributed by atoms with Gasteiger partial charge in [0.1, 0.15) is 11.5 Å². The van der Waals surface area contributed by atoms with Crippen molar-refractivity contribution in [3.63, 3.8) is 0 Å². The molecule has 4 rings (SSSR count). The Morgan fingerprint density at radius 1 is 0.893 bits per heavy atom. The van der Waals surface area contributed by atoms with E-state index >= 15 is 0 Å². The van der Waals surface area contributed by atoms with Crippen molar-refractivity contribution in [1.82, 2.24) is 0 Å². The minimum atomic E-state index is 0. The van der Waals surface area contributed by atoms with Crippen molar-refractivity contribution in [2.45, 2.75) is 46.6 Å². The van der Waals surface area contributed by atoms with E-state index in [0.29, 0.717) is 24.3 Å². The van der Waals surface area contributed by atoms with Gasteiger partial charge < -0.3 is 15.2 Å². The first kappa shape index (κ1) is 24.7. The minimum absolute atomic E-state index is 0. The minimum Gasteiger partial charge on any atom is -0.493 e. The summed E-state index contributed by atoms with van der Waals surface area (Å²) in [5.74, 6) is 1.82. The van der Waals surface area contributed by atoms with Crippen LogP contribution in [0.5, 0.6) is 11.5 Å². The van der Waals surface area contributed by atoms with Gasteiger partial charge in [-0.25, -0.2) is 0 Å². The predicted octanol–water partition coefficient (Wildman–Crippen LogP) is 6.70. The maximum atomic E-state index is 11.5. The molecule has 0 spiro atoms. The zero-order chi connectivity index (χ0) is 18.5. The second kappa shape index (κ2) is 11.6. The van der Waals surface area contributed by atoms with Gasteiger partial charge in [0, 0.05) is 27.0 Å². The quantitative estimate of drug-likeness (QED) is 0.425. The molecule has 2 aromatic rings. The van der Waals surface area contributed by atoms with Crippen LogP contribution in [0.15, 0.2) is 45.3 Å². The average Bonchev–Trinajstić information content (AvgIpc) is 2.91. The van der Waals surface area contributed by atoms with E-state index in [1.807, 2.05) is 36.4 Å². The molecule has 0 saturated carbocycles. The first-order valence-electron chi connectivity index (χ1n) is 8.68. The van der Waals surface area contributed by atoms with Gasteiger partial charge in [-0.15, -0.1) is 0 Å². The van der Waals surface area contributed by atoms with E-state index in [9.17, 15) is 4.79 Å². The van der Waals surface area contributed by atoms with Crippen molar-refractivity contribution in [3.05, 3.63) is 56.5 Å². The molecular formula is C22H29Br2NO3. The molecule has 4 nitrogen and oxygen atoms in total. The number of fused-ring (bicyclic) bond motifs is 2. The van der Waals surface area contributed by atoms with Gasteiger partial charge in [0.15, 0.2) is 5.78 Å². The number of nitrogens with two attached hydrogens (primary N) is 1. The van der Waals surface area contributed by atoms with Gasteiger partial charge in [0.05, 0.1) is 18.8 Å². The van der Waals surface area contributed by atoms with Crippen LogP contribution < -0.4 is 15.2 Å². The summed E-state index contributed by atoms with van der Waals surface area (Å²) >= 11 is 6.76.